The summed E-state index contributed by atoms with van der Waals surface area (Å²) >= 11 is 0. The summed E-state index contributed by atoms with van der Waals surface area (Å²) in [7, 11) is 0. The molecule has 3 rings (SSSR count). The third-order valence-electron chi connectivity index (χ3n) is 3.71. The molecule has 0 heterocycles. The van der Waals surface area contributed by atoms with Gasteiger partial charge in [-0.25, -0.2) is 0 Å². The van der Waals surface area contributed by atoms with Gasteiger partial charge in [0.1, 0.15) is 0 Å². The van der Waals surface area contributed by atoms with Gasteiger partial charge in [0.15, 0.2) is 0 Å². The van der Waals surface area contributed by atoms with Crippen LogP contribution in [-0.4, -0.2) is 5.11 Å². The van der Waals surface area contributed by atoms with E-state index in [-0.39, 0.29) is 0 Å². The highest BCUT2D eigenvalue weighted by Crippen LogP contribution is 2.52. The molecule has 0 aliphatic heterocycles. The van der Waals surface area contributed by atoms with E-state index in [0.29, 0.717) is 11.8 Å². The molecule has 0 bridgehead atoms. The molecule has 3 unspecified atom stereocenters. The van der Waals surface area contributed by atoms with Gasteiger partial charge < -0.3 is 5.11 Å². The second kappa shape index (κ2) is 2.71. The van der Waals surface area contributed by atoms with Crippen LogP contribution >= 0.6 is 0 Å². The van der Waals surface area contributed by atoms with Gasteiger partial charge in [-0.05, 0) is 24.3 Å². The Bertz CT molecular complexity index is 368. The van der Waals surface area contributed by atoms with Crippen LogP contribution in [0.25, 0.3) is 0 Å². The normalized spacial score (nSPS) is 39.2. The van der Waals surface area contributed by atoms with Crippen molar-refractivity contribution in [2.45, 2.75) is 18.4 Å². The predicted molar refractivity (Wildman–Crippen MR) is 55.7 cm³/mol. The largest absolute Gasteiger partial charge is 0.385 e. The Kier molecular flexibility index (Phi) is 1.59. The van der Waals surface area contributed by atoms with E-state index in [1.807, 2.05) is 30.3 Å². The Balaban J connectivity index is 2.01. The number of hydrogen-bond donors (Lipinski definition) is 1. The summed E-state index contributed by atoms with van der Waals surface area (Å²) in [6.45, 7) is 0. The quantitative estimate of drug-likeness (QED) is 0.668. The SMILES string of the molecule is OC1(c2ccccc2)CCC2C=CC21. The van der Waals surface area contributed by atoms with E-state index in [4.69, 9.17) is 0 Å². The molecule has 1 aromatic rings. The molecule has 2 aliphatic rings. The predicted octanol–water partition coefficient (Wildman–Crippen LogP) is 2.47. The molecule has 3 atom stereocenters. The minimum atomic E-state index is -0.583. The van der Waals surface area contributed by atoms with Crippen molar-refractivity contribution in [3.8, 4) is 0 Å². The molecule has 0 radical (unpaired) electrons. The lowest BCUT2D eigenvalue weighted by Gasteiger charge is -2.34. The first kappa shape index (κ1) is 8.25. The summed E-state index contributed by atoms with van der Waals surface area (Å²) in [6, 6.07) is 10.1. The summed E-state index contributed by atoms with van der Waals surface area (Å²) in [5.41, 5.74) is 0.498. The van der Waals surface area contributed by atoms with Crippen LogP contribution < -0.4 is 0 Å². The molecule has 2 aliphatic carbocycles. The van der Waals surface area contributed by atoms with Crippen molar-refractivity contribution in [1.29, 1.82) is 0 Å². The number of hydrogen-bond acceptors (Lipinski definition) is 1. The van der Waals surface area contributed by atoms with Gasteiger partial charge in [-0.2, -0.15) is 0 Å². The van der Waals surface area contributed by atoms with Crippen molar-refractivity contribution in [3.63, 3.8) is 0 Å². The number of allylic oxidation sites excluding steroid dienone is 1. The van der Waals surface area contributed by atoms with Crippen molar-refractivity contribution >= 4 is 0 Å². The first-order chi connectivity index (χ1) is 6.81. The smallest absolute Gasteiger partial charge is 0.0964 e. The molecule has 0 saturated heterocycles. The van der Waals surface area contributed by atoms with Crippen molar-refractivity contribution < 1.29 is 5.11 Å². The number of rotatable bonds is 1. The van der Waals surface area contributed by atoms with Gasteiger partial charge >= 0.3 is 0 Å². The van der Waals surface area contributed by atoms with Crippen LogP contribution in [-0.2, 0) is 5.60 Å². The first-order valence-corrected chi connectivity index (χ1v) is 5.27. The van der Waals surface area contributed by atoms with E-state index in [2.05, 4.69) is 12.2 Å². The maximum Gasteiger partial charge on any atom is 0.0964 e. The van der Waals surface area contributed by atoms with E-state index in [0.717, 1.165) is 18.4 Å². The second-order valence-electron chi connectivity index (χ2n) is 4.40. The number of fused-ring (bicyclic) bond motifs is 1. The number of aliphatic hydroxyl groups is 1. The molecule has 1 heteroatoms. The van der Waals surface area contributed by atoms with Gasteiger partial charge in [0.25, 0.3) is 0 Å². The molecular weight excluding hydrogens is 172 g/mol. The molecule has 0 spiro atoms. The Morgan fingerprint density at radius 1 is 1.14 bits per heavy atom. The topological polar surface area (TPSA) is 20.2 Å². The summed E-state index contributed by atoms with van der Waals surface area (Å²) < 4.78 is 0. The zero-order valence-corrected chi connectivity index (χ0v) is 8.06. The standard InChI is InChI=1S/C13H14O/c14-13(11-4-2-1-3-5-11)9-8-10-6-7-12(10)13/h1-7,10,12,14H,8-9H2. The lowest BCUT2D eigenvalue weighted by Crippen LogP contribution is -2.34. The monoisotopic (exact) mass is 186 g/mol. The maximum atomic E-state index is 10.6. The fraction of sp³-hybridized carbons (Fsp3) is 0.385. The molecule has 1 aromatic carbocycles. The second-order valence-corrected chi connectivity index (χ2v) is 4.40. The fourth-order valence-electron chi connectivity index (χ4n) is 2.79. The van der Waals surface area contributed by atoms with Crippen LogP contribution in [0.3, 0.4) is 0 Å². The molecule has 14 heavy (non-hydrogen) atoms. The zero-order valence-electron chi connectivity index (χ0n) is 8.06. The van der Waals surface area contributed by atoms with E-state index in [9.17, 15) is 5.11 Å². The molecule has 1 fully saturated rings. The van der Waals surface area contributed by atoms with Gasteiger partial charge in [0.05, 0.1) is 5.60 Å². The van der Waals surface area contributed by atoms with Crippen molar-refractivity contribution in [1.82, 2.24) is 0 Å². The van der Waals surface area contributed by atoms with Crippen LogP contribution in [0.15, 0.2) is 42.5 Å². The van der Waals surface area contributed by atoms with E-state index >= 15 is 0 Å². The zero-order chi connectivity index (χ0) is 9.60. The van der Waals surface area contributed by atoms with E-state index < -0.39 is 5.60 Å². The van der Waals surface area contributed by atoms with Crippen LogP contribution in [0, 0.1) is 11.8 Å². The highest BCUT2D eigenvalue weighted by molar-refractivity contribution is 5.31. The average Bonchev–Trinajstić information content (AvgIpc) is 2.39. The lowest BCUT2D eigenvalue weighted by molar-refractivity contribution is 0.00469. The van der Waals surface area contributed by atoms with Crippen molar-refractivity contribution in [2.24, 2.45) is 11.8 Å². The highest BCUT2D eigenvalue weighted by atomic mass is 16.3. The van der Waals surface area contributed by atoms with Gasteiger partial charge in [-0.1, -0.05) is 42.5 Å². The molecule has 1 saturated carbocycles. The minimum absolute atomic E-state index is 0.366. The summed E-state index contributed by atoms with van der Waals surface area (Å²) in [4.78, 5) is 0. The summed E-state index contributed by atoms with van der Waals surface area (Å²) in [6.07, 6.45) is 6.42. The van der Waals surface area contributed by atoms with Gasteiger partial charge in [0.2, 0.25) is 0 Å². The van der Waals surface area contributed by atoms with Crippen LogP contribution in [0.5, 0.6) is 0 Å². The number of benzene rings is 1. The third-order valence-corrected chi connectivity index (χ3v) is 3.71. The molecule has 72 valence electrons. The van der Waals surface area contributed by atoms with Crippen molar-refractivity contribution in [2.75, 3.05) is 0 Å². The van der Waals surface area contributed by atoms with Gasteiger partial charge in [-0.15, -0.1) is 0 Å². The Labute approximate surface area is 84.1 Å². The Morgan fingerprint density at radius 3 is 2.50 bits per heavy atom. The highest BCUT2D eigenvalue weighted by Gasteiger charge is 2.49. The Hall–Kier alpha value is -1.08. The summed E-state index contributed by atoms with van der Waals surface area (Å²) in [5, 5.41) is 10.6. The average molecular weight is 186 g/mol. The van der Waals surface area contributed by atoms with Gasteiger partial charge in [0, 0.05) is 5.92 Å². The molecular formula is C13H14O. The maximum absolute atomic E-state index is 10.6. The molecule has 0 amide bonds. The lowest BCUT2D eigenvalue weighted by atomic mass is 9.75. The van der Waals surface area contributed by atoms with E-state index in [1.54, 1.807) is 0 Å². The van der Waals surface area contributed by atoms with Crippen LogP contribution in [0.4, 0.5) is 0 Å². The van der Waals surface area contributed by atoms with Crippen LogP contribution in [0.1, 0.15) is 18.4 Å². The fourth-order valence-corrected chi connectivity index (χ4v) is 2.79. The van der Waals surface area contributed by atoms with E-state index in [1.165, 1.54) is 0 Å². The minimum Gasteiger partial charge on any atom is -0.385 e. The van der Waals surface area contributed by atoms with Crippen molar-refractivity contribution in [3.05, 3.63) is 48.0 Å². The molecule has 1 N–H and O–H groups in total. The van der Waals surface area contributed by atoms with Crippen LogP contribution in [0.2, 0.25) is 0 Å². The summed E-state index contributed by atoms with van der Waals surface area (Å²) in [5.74, 6) is 0.991. The third kappa shape index (κ3) is 0.934. The van der Waals surface area contributed by atoms with Gasteiger partial charge in [-0.3, -0.25) is 0 Å². The first-order valence-electron chi connectivity index (χ1n) is 5.27. The molecule has 0 aromatic heterocycles. The molecule has 1 nitrogen and oxygen atoms in total. The Morgan fingerprint density at radius 2 is 1.93 bits per heavy atom.